The molecule has 12 heavy (non-hydrogen) atoms. The van der Waals surface area contributed by atoms with Crippen molar-refractivity contribution in [3.8, 4) is 0 Å². The Morgan fingerprint density at radius 2 is 2.58 bits per heavy atom. The average molecular weight is 189 g/mol. The van der Waals surface area contributed by atoms with Crippen LogP contribution in [-0.2, 0) is 8.92 Å². The van der Waals surface area contributed by atoms with E-state index >= 15 is 0 Å². The summed E-state index contributed by atoms with van der Waals surface area (Å²) in [5, 5.41) is 2.81. The summed E-state index contributed by atoms with van der Waals surface area (Å²) in [6.45, 7) is 0.486. The molecule has 0 aromatic rings. The first-order valence-corrected chi connectivity index (χ1v) is 5.06. The highest BCUT2D eigenvalue weighted by Gasteiger charge is 2.57. The Kier molecular flexibility index (Phi) is 1.92. The zero-order valence-electron chi connectivity index (χ0n) is 6.83. The number of ether oxygens (including phenoxy) is 1. The predicted molar refractivity (Wildman–Crippen MR) is 44.8 cm³/mol. The van der Waals surface area contributed by atoms with Gasteiger partial charge in [0, 0.05) is 6.26 Å². The number of amides is 1. The quantitative estimate of drug-likeness (QED) is 0.671. The largest absolute Gasteiger partial charge is 0.441 e. The molecule has 1 atom stereocenters. The maximum Gasteiger partial charge on any atom is 0.408 e. The third-order valence-electron chi connectivity index (χ3n) is 2.34. The van der Waals surface area contributed by atoms with Gasteiger partial charge in [-0.3, -0.25) is 0 Å². The zero-order chi connectivity index (χ0) is 8.60. The van der Waals surface area contributed by atoms with Gasteiger partial charge in [0.2, 0.25) is 0 Å². The van der Waals surface area contributed by atoms with Crippen molar-refractivity contribution in [2.75, 3.05) is 12.9 Å². The molecule has 0 radical (unpaired) electrons. The molecule has 0 aromatic heterocycles. The van der Waals surface area contributed by atoms with E-state index in [9.17, 15) is 4.79 Å². The highest BCUT2D eigenvalue weighted by atomic mass is 32.2. The van der Waals surface area contributed by atoms with Crippen LogP contribution in [0.3, 0.4) is 0 Å². The van der Waals surface area contributed by atoms with Crippen molar-refractivity contribution in [2.24, 2.45) is 0 Å². The lowest BCUT2D eigenvalue weighted by Crippen LogP contribution is -2.36. The van der Waals surface area contributed by atoms with E-state index in [-0.39, 0.29) is 17.7 Å². The van der Waals surface area contributed by atoms with Crippen molar-refractivity contribution in [1.29, 1.82) is 0 Å². The maximum atomic E-state index is 10.9. The van der Waals surface area contributed by atoms with Gasteiger partial charge in [-0.1, -0.05) is 0 Å². The molecule has 1 amide bonds. The molecule has 1 saturated carbocycles. The number of hydrogen-bond donors (Lipinski definition) is 1. The molecule has 1 aliphatic carbocycles. The minimum Gasteiger partial charge on any atom is -0.441 e. The van der Waals surface area contributed by atoms with Crippen LogP contribution in [0.15, 0.2) is 0 Å². The highest BCUT2D eigenvalue weighted by Crippen LogP contribution is 2.43. The van der Waals surface area contributed by atoms with Gasteiger partial charge in [0.05, 0.1) is 5.54 Å². The minimum absolute atomic E-state index is 0.0766. The van der Waals surface area contributed by atoms with Gasteiger partial charge in [0.15, 0.2) is 6.10 Å². The van der Waals surface area contributed by atoms with Gasteiger partial charge in [0.1, 0.15) is 6.61 Å². The van der Waals surface area contributed by atoms with Gasteiger partial charge < -0.3 is 14.2 Å². The van der Waals surface area contributed by atoms with Crippen molar-refractivity contribution in [3.05, 3.63) is 0 Å². The Hall–Kier alpha value is -0.420. The van der Waals surface area contributed by atoms with E-state index in [0.717, 1.165) is 12.8 Å². The summed E-state index contributed by atoms with van der Waals surface area (Å²) < 4.78 is 10.2. The third kappa shape index (κ3) is 1.27. The molecule has 1 heterocycles. The predicted octanol–water partition coefficient (Wildman–Crippen LogP) is 0.922. The fourth-order valence-corrected chi connectivity index (χ4v) is 1.72. The first-order chi connectivity index (χ1) is 5.77. The molecule has 0 aromatic carbocycles. The van der Waals surface area contributed by atoms with E-state index in [1.165, 1.54) is 12.0 Å². The molecule has 1 saturated heterocycles. The second-order valence-corrected chi connectivity index (χ2v) is 3.70. The fourth-order valence-electron chi connectivity index (χ4n) is 1.46. The number of rotatable bonds is 3. The van der Waals surface area contributed by atoms with Crippen molar-refractivity contribution in [1.82, 2.24) is 5.32 Å². The number of cyclic esters (lactones) is 1. The van der Waals surface area contributed by atoms with Gasteiger partial charge >= 0.3 is 6.09 Å². The Labute approximate surface area is 75.2 Å². The summed E-state index contributed by atoms with van der Waals surface area (Å²) in [5.74, 6) is 0. The molecule has 1 spiro atoms. The molecule has 5 heteroatoms. The van der Waals surface area contributed by atoms with Gasteiger partial charge in [-0.05, 0) is 24.9 Å². The topological polar surface area (TPSA) is 47.6 Å². The van der Waals surface area contributed by atoms with Crippen molar-refractivity contribution >= 4 is 18.1 Å². The minimum atomic E-state index is -0.304. The molecular weight excluding hydrogens is 178 g/mol. The monoisotopic (exact) mass is 189 g/mol. The molecule has 2 rings (SSSR count). The summed E-state index contributed by atoms with van der Waals surface area (Å²) >= 11 is 1.30. The first kappa shape index (κ1) is 8.19. The Balaban J connectivity index is 1.92. The SMILES string of the molecule is CSOCC1OC(=O)NC12CC2. The van der Waals surface area contributed by atoms with E-state index in [0.29, 0.717) is 6.61 Å². The molecule has 68 valence electrons. The van der Waals surface area contributed by atoms with Gasteiger partial charge in [0.25, 0.3) is 0 Å². The smallest absolute Gasteiger partial charge is 0.408 e. The van der Waals surface area contributed by atoms with E-state index in [1.807, 2.05) is 6.26 Å². The Morgan fingerprint density at radius 3 is 3.17 bits per heavy atom. The normalized spacial score (nSPS) is 30.1. The maximum absolute atomic E-state index is 10.9. The van der Waals surface area contributed by atoms with Crippen LogP contribution in [0.2, 0.25) is 0 Å². The third-order valence-corrected chi connectivity index (χ3v) is 2.71. The van der Waals surface area contributed by atoms with Gasteiger partial charge in [-0.25, -0.2) is 4.79 Å². The number of alkyl carbamates (subject to hydrolysis) is 1. The number of carbonyl (C=O) groups is 1. The van der Waals surface area contributed by atoms with Gasteiger partial charge in [-0.2, -0.15) is 0 Å². The molecule has 1 aliphatic heterocycles. The van der Waals surface area contributed by atoms with Crippen molar-refractivity contribution in [2.45, 2.75) is 24.5 Å². The molecule has 4 nitrogen and oxygen atoms in total. The Bertz CT molecular complexity index is 205. The summed E-state index contributed by atoms with van der Waals surface area (Å²) in [6.07, 6.45) is 3.49. The standard InChI is InChI=1S/C7H11NO3S/c1-12-10-4-5-7(2-3-7)8-6(9)11-5/h5H,2-4H2,1H3,(H,8,9). The lowest BCUT2D eigenvalue weighted by Gasteiger charge is -2.13. The van der Waals surface area contributed by atoms with E-state index in [4.69, 9.17) is 8.92 Å². The Morgan fingerprint density at radius 1 is 1.83 bits per heavy atom. The van der Waals surface area contributed by atoms with Crippen molar-refractivity contribution in [3.63, 3.8) is 0 Å². The molecule has 2 fully saturated rings. The summed E-state index contributed by atoms with van der Waals surface area (Å²) in [5.41, 5.74) is -0.0766. The summed E-state index contributed by atoms with van der Waals surface area (Å²) in [6, 6.07) is 0. The van der Waals surface area contributed by atoms with Crippen LogP contribution < -0.4 is 5.32 Å². The lowest BCUT2D eigenvalue weighted by molar-refractivity contribution is 0.0955. The lowest BCUT2D eigenvalue weighted by atomic mass is 10.1. The second kappa shape index (κ2) is 2.81. The average Bonchev–Trinajstić information content (AvgIpc) is 2.70. The van der Waals surface area contributed by atoms with Gasteiger partial charge in [-0.15, -0.1) is 0 Å². The van der Waals surface area contributed by atoms with Crippen LogP contribution in [-0.4, -0.2) is 30.6 Å². The molecule has 1 N–H and O–H groups in total. The fraction of sp³-hybridized carbons (Fsp3) is 0.857. The number of carbonyl (C=O) groups excluding carboxylic acids is 1. The molecule has 0 bridgehead atoms. The van der Waals surface area contributed by atoms with E-state index < -0.39 is 0 Å². The number of hydrogen-bond acceptors (Lipinski definition) is 4. The molecule has 2 aliphatic rings. The van der Waals surface area contributed by atoms with Crippen LogP contribution in [0.5, 0.6) is 0 Å². The zero-order valence-corrected chi connectivity index (χ0v) is 7.65. The highest BCUT2D eigenvalue weighted by molar-refractivity contribution is 7.93. The van der Waals surface area contributed by atoms with E-state index in [2.05, 4.69) is 5.32 Å². The first-order valence-electron chi connectivity index (χ1n) is 3.91. The van der Waals surface area contributed by atoms with E-state index in [1.54, 1.807) is 0 Å². The molecular formula is C7H11NO3S. The van der Waals surface area contributed by atoms with Crippen molar-refractivity contribution < 1.29 is 13.7 Å². The van der Waals surface area contributed by atoms with Crippen LogP contribution >= 0.6 is 12.0 Å². The number of nitrogens with one attached hydrogen (secondary N) is 1. The van der Waals surface area contributed by atoms with Crippen LogP contribution in [0.1, 0.15) is 12.8 Å². The van der Waals surface area contributed by atoms with Crippen LogP contribution in [0, 0.1) is 0 Å². The summed E-state index contributed by atoms with van der Waals surface area (Å²) in [4.78, 5) is 10.9. The summed E-state index contributed by atoms with van der Waals surface area (Å²) in [7, 11) is 0. The molecule has 1 unspecified atom stereocenters. The van der Waals surface area contributed by atoms with Crippen LogP contribution in [0.4, 0.5) is 4.79 Å². The second-order valence-electron chi connectivity index (χ2n) is 3.13. The van der Waals surface area contributed by atoms with Crippen LogP contribution in [0.25, 0.3) is 0 Å².